The Labute approximate surface area is 106 Å². The average Bonchev–Trinajstić information content (AvgIpc) is 2.28. The lowest BCUT2D eigenvalue weighted by Crippen LogP contribution is -2.33. The minimum absolute atomic E-state index is 0.134. The fourth-order valence-electron chi connectivity index (χ4n) is 1.73. The molecule has 1 N–H and O–H groups in total. The lowest BCUT2D eigenvalue weighted by molar-refractivity contribution is -0.143. The van der Waals surface area contributed by atoms with Crippen molar-refractivity contribution >= 4 is 11.9 Å². The zero-order valence-electron chi connectivity index (χ0n) is 10.8. The Morgan fingerprint density at radius 1 is 1.39 bits per heavy atom. The van der Waals surface area contributed by atoms with Crippen LogP contribution in [0.3, 0.4) is 0 Å². The minimum atomic E-state index is -1.03. The van der Waals surface area contributed by atoms with Gasteiger partial charge in [0, 0.05) is 12.6 Å². The van der Waals surface area contributed by atoms with Gasteiger partial charge in [-0.2, -0.15) is 0 Å². The van der Waals surface area contributed by atoms with Crippen LogP contribution in [0, 0.1) is 6.92 Å². The fourth-order valence-corrected chi connectivity index (χ4v) is 1.73. The molecule has 98 valence electrons. The Balaban J connectivity index is 2.82. The van der Waals surface area contributed by atoms with Gasteiger partial charge in [-0.3, -0.25) is 9.59 Å². The van der Waals surface area contributed by atoms with Gasteiger partial charge in [-0.05, 0) is 12.5 Å². The molecule has 0 atom stereocenters. The van der Waals surface area contributed by atoms with Gasteiger partial charge >= 0.3 is 5.97 Å². The van der Waals surface area contributed by atoms with E-state index in [0.717, 1.165) is 11.1 Å². The summed E-state index contributed by atoms with van der Waals surface area (Å²) in [6.07, 6.45) is 0.134. The smallest absolute Gasteiger partial charge is 0.323 e. The van der Waals surface area contributed by atoms with Crippen LogP contribution in [0.5, 0.6) is 5.75 Å². The van der Waals surface area contributed by atoms with E-state index in [1.165, 1.54) is 11.9 Å². The van der Waals surface area contributed by atoms with Crippen molar-refractivity contribution in [3.05, 3.63) is 29.3 Å². The lowest BCUT2D eigenvalue weighted by Gasteiger charge is -2.16. The molecule has 0 saturated carbocycles. The molecule has 0 fully saturated rings. The second-order valence-corrected chi connectivity index (χ2v) is 4.09. The highest BCUT2D eigenvalue weighted by atomic mass is 16.5. The maximum atomic E-state index is 11.8. The van der Waals surface area contributed by atoms with Crippen molar-refractivity contribution in [1.29, 1.82) is 0 Å². The van der Waals surface area contributed by atoms with Crippen molar-refractivity contribution in [1.82, 2.24) is 4.90 Å². The molecule has 0 unspecified atom stereocenters. The van der Waals surface area contributed by atoms with E-state index in [-0.39, 0.29) is 18.9 Å². The minimum Gasteiger partial charge on any atom is -0.496 e. The summed E-state index contributed by atoms with van der Waals surface area (Å²) in [6, 6.07) is 5.55. The fraction of sp³-hybridized carbons (Fsp3) is 0.385. The van der Waals surface area contributed by atoms with E-state index in [4.69, 9.17) is 9.84 Å². The van der Waals surface area contributed by atoms with E-state index in [0.29, 0.717) is 5.75 Å². The number of ether oxygens (including phenoxy) is 1. The molecule has 0 bridgehead atoms. The van der Waals surface area contributed by atoms with Gasteiger partial charge in [0.05, 0.1) is 13.5 Å². The molecule has 0 radical (unpaired) electrons. The number of hydrogen-bond acceptors (Lipinski definition) is 3. The third-order valence-corrected chi connectivity index (χ3v) is 2.64. The number of hydrogen-bond donors (Lipinski definition) is 1. The molecule has 0 heterocycles. The Kier molecular flexibility index (Phi) is 4.71. The number of nitrogens with zero attached hydrogens (tertiary/aromatic N) is 1. The van der Waals surface area contributed by atoms with E-state index < -0.39 is 5.97 Å². The SMILES string of the molecule is COc1c(C)cccc1CC(=O)N(C)CC(=O)O. The first-order valence-corrected chi connectivity index (χ1v) is 5.54. The number of likely N-dealkylation sites (N-methyl/N-ethyl adjacent to an activating group) is 1. The standard InChI is InChI=1S/C13H17NO4/c1-9-5-4-6-10(13(9)18-3)7-11(15)14(2)8-12(16)17/h4-6H,7-8H2,1-3H3,(H,16,17). The largest absolute Gasteiger partial charge is 0.496 e. The highest BCUT2D eigenvalue weighted by Gasteiger charge is 2.15. The van der Waals surface area contributed by atoms with Gasteiger partial charge in [-0.25, -0.2) is 0 Å². The van der Waals surface area contributed by atoms with Gasteiger partial charge in [0.25, 0.3) is 0 Å². The van der Waals surface area contributed by atoms with Gasteiger partial charge < -0.3 is 14.7 Å². The molecular formula is C13H17NO4. The van der Waals surface area contributed by atoms with Crippen molar-refractivity contribution in [2.45, 2.75) is 13.3 Å². The molecule has 1 aromatic carbocycles. The number of aliphatic carboxylic acids is 1. The van der Waals surface area contributed by atoms with Gasteiger partial charge in [0.15, 0.2) is 0 Å². The predicted octanol–water partition coefficient (Wildman–Crippen LogP) is 1.09. The van der Waals surface area contributed by atoms with E-state index in [1.807, 2.05) is 19.1 Å². The molecule has 1 rings (SSSR count). The second kappa shape index (κ2) is 6.05. The zero-order valence-corrected chi connectivity index (χ0v) is 10.8. The summed E-state index contributed by atoms with van der Waals surface area (Å²) < 4.78 is 5.25. The number of carbonyl (C=O) groups is 2. The average molecular weight is 251 g/mol. The summed E-state index contributed by atoms with van der Waals surface area (Å²) in [5, 5.41) is 8.63. The van der Waals surface area contributed by atoms with Crippen molar-refractivity contribution in [2.75, 3.05) is 20.7 Å². The first-order chi connectivity index (χ1) is 8.45. The summed E-state index contributed by atoms with van der Waals surface area (Å²) in [5.74, 6) is -0.599. The van der Waals surface area contributed by atoms with Gasteiger partial charge in [0.2, 0.25) is 5.91 Å². The molecular weight excluding hydrogens is 234 g/mol. The van der Waals surface area contributed by atoms with Crippen molar-refractivity contribution in [3.8, 4) is 5.75 Å². The molecule has 0 aromatic heterocycles. The number of carboxylic acids is 1. The van der Waals surface area contributed by atoms with E-state index in [1.54, 1.807) is 13.2 Å². The van der Waals surface area contributed by atoms with Crippen LogP contribution in [-0.2, 0) is 16.0 Å². The number of carboxylic acid groups (broad SMARTS) is 1. The molecule has 1 amide bonds. The third kappa shape index (κ3) is 3.48. The summed E-state index contributed by atoms with van der Waals surface area (Å²) >= 11 is 0. The van der Waals surface area contributed by atoms with Crippen LogP contribution in [0.25, 0.3) is 0 Å². The first kappa shape index (κ1) is 14.0. The first-order valence-electron chi connectivity index (χ1n) is 5.54. The molecule has 0 aliphatic heterocycles. The molecule has 5 nitrogen and oxygen atoms in total. The summed E-state index contributed by atoms with van der Waals surface area (Å²) in [7, 11) is 3.02. The van der Waals surface area contributed by atoms with Crippen LogP contribution in [-0.4, -0.2) is 42.6 Å². The molecule has 18 heavy (non-hydrogen) atoms. The molecule has 0 spiro atoms. The van der Waals surface area contributed by atoms with E-state index in [2.05, 4.69) is 0 Å². The predicted molar refractivity (Wildman–Crippen MR) is 66.7 cm³/mol. The number of aryl methyl sites for hydroxylation is 1. The molecule has 0 aliphatic rings. The number of carbonyl (C=O) groups excluding carboxylic acids is 1. The monoisotopic (exact) mass is 251 g/mol. The molecule has 5 heteroatoms. The van der Waals surface area contributed by atoms with Crippen LogP contribution in [0.2, 0.25) is 0 Å². The summed E-state index contributed by atoms with van der Waals surface area (Å²) in [6.45, 7) is 1.60. The molecule has 1 aromatic rings. The quantitative estimate of drug-likeness (QED) is 0.850. The van der Waals surface area contributed by atoms with E-state index >= 15 is 0 Å². The number of benzene rings is 1. The van der Waals surface area contributed by atoms with Crippen LogP contribution in [0.4, 0.5) is 0 Å². The zero-order chi connectivity index (χ0) is 13.7. The Morgan fingerprint density at radius 2 is 2.06 bits per heavy atom. The molecule has 0 saturated heterocycles. The van der Waals surface area contributed by atoms with Crippen molar-refractivity contribution < 1.29 is 19.4 Å². The van der Waals surface area contributed by atoms with Crippen molar-refractivity contribution in [2.24, 2.45) is 0 Å². The van der Waals surface area contributed by atoms with E-state index in [9.17, 15) is 9.59 Å². The van der Waals surface area contributed by atoms with Crippen LogP contribution in [0.1, 0.15) is 11.1 Å². The topological polar surface area (TPSA) is 66.8 Å². The maximum Gasteiger partial charge on any atom is 0.323 e. The van der Waals surface area contributed by atoms with Gasteiger partial charge in [0.1, 0.15) is 12.3 Å². The van der Waals surface area contributed by atoms with Gasteiger partial charge in [-0.1, -0.05) is 18.2 Å². The summed E-state index contributed by atoms with van der Waals surface area (Å²) in [5.41, 5.74) is 1.71. The second-order valence-electron chi connectivity index (χ2n) is 4.09. The third-order valence-electron chi connectivity index (χ3n) is 2.64. The Hall–Kier alpha value is -2.04. The van der Waals surface area contributed by atoms with Crippen LogP contribution >= 0.6 is 0 Å². The lowest BCUT2D eigenvalue weighted by atomic mass is 10.1. The highest BCUT2D eigenvalue weighted by molar-refractivity contribution is 5.83. The normalized spacial score (nSPS) is 9.94. The highest BCUT2D eigenvalue weighted by Crippen LogP contribution is 2.23. The number of methoxy groups -OCH3 is 1. The van der Waals surface area contributed by atoms with Gasteiger partial charge in [-0.15, -0.1) is 0 Å². The maximum absolute atomic E-state index is 11.8. The number of amides is 1. The Morgan fingerprint density at radius 3 is 2.61 bits per heavy atom. The molecule has 0 aliphatic carbocycles. The Bertz CT molecular complexity index is 456. The van der Waals surface area contributed by atoms with Crippen LogP contribution < -0.4 is 4.74 Å². The summed E-state index contributed by atoms with van der Waals surface area (Å²) in [4.78, 5) is 23.5. The van der Waals surface area contributed by atoms with Crippen LogP contribution in [0.15, 0.2) is 18.2 Å². The number of rotatable bonds is 5. The number of para-hydroxylation sites is 1. The van der Waals surface area contributed by atoms with Crippen molar-refractivity contribution in [3.63, 3.8) is 0 Å².